The van der Waals surface area contributed by atoms with Crippen molar-refractivity contribution >= 4 is 5.91 Å². The number of carbonyl (C=O) groups is 1. The molecule has 30 heavy (non-hydrogen) atoms. The Morgan fingerprint density at radius 1 is 1.10 bits per heavy atom. The largest absolute Gasteiger partial charge is 0.497 e. The lowest BCUT2D eigenvalue weighted by molar-refractivity contribution is 0.00940. The molecule has 2 aliphatic rings. The van der Waals surface area contributed by atoms with E-state index >= 15 is 0 Å². The molecular formula is C23H29N3O4. The molecule has 2 fully saturated rings. The number of aliphatic hydroxyl groups excluding tert-OH is 1. The smallest absolute Gasteiger partial charge is 0.261 e. The van der Waals surface area contributed by atoms with E-state index in [1.54, 1.807) is 24.1 Å². The van der Waals surface area contributed by atoms with E-state index in [9.17, 15) is 14.7 Å². The summed E-state index contributed by atoms with van der Waals surface area (Å²) in [4.78, 5) is 32.4. The molecular weight excluding hydrogens is 382 g/mol. The van der Waals surface area contributed by atoms with Gasteiger partial charge in [0.2, 0.25) is 0 Å². The van der Waals surface area contributed by atoms with Crippen molar-refractivity contribution in [3.63, 3.8) is 0 Å². The quantitative estimate of drug-likeness (QED) is 0.802. The molecule has 160 valence electrons. The summed E-state index contributed by atoms with van der Waals surface area (Å²) in [6.45, 7) is 1.24. The first-order chi connectivity index (χ1) is 14.4. The third-order valence-electron chi connectivity index (χ3n) is 6.60. The fraction of sp³-hybridized carbons (Fsp3) is 0.478. The number of aromatic nitrogens is 1. The molecule has 0 bridgehead atoms. The van der Waals surface area contributed by atoms with Gasteiger partial charge in [-0.1, -0.05) is 0 Å². The molecule has 2 heterocycles. The van der Waals surface area contributed by atoms with Crippen LogP contribution in [0.3, 0.4) is 0 Å². The van der Waals surface area contributed by atoms with Crippen LogP contribution in [0.15, 0.2) is 41.2 Å². The second kappa shape index (κ2) is 8.24. The van der Waals surface area contributed by atoms with Gasteiger partial charge in [0.25, 0.3) is 11.5 Å². The standard InChI is InChI=1S/C23H29N3O4/c1-25(2)20-10-15-12-26(13-16(15)11-21(20)27)23(29)18-8-9-19(24-22(18)28)14-4-6-17(30-3)7-5-14/h4-9,15-16,20-21,27H,10-13H2,1-3H3,(H,24,28)/t15-,16+,20-,21-/m1/s1. The number of carbonyl (C=O) groups excluding carboxylic acids is 1. The van der Waals surface area contributed by atoms with Crippen LogP contribution in [0.4, 0.5) is 0 Å². The van der Waals surface area contributed by atoms with E-state index in [-0.39, 0.29) is 35.1 Å². The zero-order chi connectivity index (χ0) is 21.4. The minimum atomic E-state index is -0.380. The summed E-state index contributed by atoms with van der Waals surface area (Å²) in [5.41, 5.74) is 1.29. The third kappa shape index (κ3) is 3.87. The van der Waals surface area contributed by atoms with E-state index in [1.807, 2.05) is 38.4 Å². The lowest BCUT2D eigenvalue weighted by Gasteiger charge is -2.38. The molecule has 2 aromatic rings. The van der Waals surface area contributed by atoms with Gasteiger partial charge in [0.1, 0.15) is 11.3 Å². The van der Waals surface area contributed by atoms with Crippen LogP contribution in [0, 0.1) is 11.8 Å². The van der Waals surface area contributed by atoms with Crippen LogP contribution in [0.2, 0.25) is 0 Å². The Morgan fingerprint density at radius 3 is 2.37 bits per heavy atom. The molecule has 1 aliphatic heterocycles. The molecule has 4 rings (SSSR count). The van der Waals surface area contributed by atoms with Crippen LogP contribution in [-0.4, -0.2) is 72.2 Å². The van der Waals surface area contributed by atoms with Gasteiger partial charge in [-0.15, -0.1) is 0 Å². The molecule has 0 radical (unpaired) electrons. The van der Waals surface area contributed by atoms with Crippen molar-refractivity contribution < 1.29 is 14.6 Å². The van der Waals surface area contributed by atoms with Crippen molar-refractivity contribution in [1.29, 1.82) is 0 Å². The molecule has 7 nitrogen and oxygen atoms in total. The van der Waals surface area contributed by atoms with Crippen LogP contribution in [0.5, 0.6) is 5.75 Å². The first-order valence-corrected chi connectivity index (χ1v) is 10.4. The Balaban J connectivity index is 1.49. The van der Waals surface area contributed by atoms with E-state index in [4.69, 9.17) is 4.74 Å². The van der Waals surface area contributed by atoms with E-state index < -0.39 is 0 Å². The van der Waals surface area contributed by atoms with Gasteiger partial charge in [0.05, 0.1) is 13.2 Å². The second-order valence-corrected chi connectivity index (χ2v) is 8.64. The number of fused-ring (bicyclic) bond motifs is 1. The molecule has 1 aromatic carbocycles. The average molecular weight is 412 g/mol. The highest BCUT2D eigenvalue weighted by Crippen LogP contribution is 2.38. The van der Waals surface area contributed by atoms with E-state index in [2.05, 4.69) is 9.88 Å². The Morgan fingerprint density at radius 2 is 1.77 bits per heavy atom. The lowest BCUT2D eigenvalue weighted by atomic mass is 9.77. The van der Waals surface area contributed by atoms with Crippen LogP contribution in [0.1, 0.15) is 23.2 Å². The average Bonchev–Trinajstić information content (AvgIpc) is 3.15. The summed E-state index contributed by atoms with van der Waals surface area (Å²) in [6.07, 6.45) is 1.20. The zero-order valence-corrected chi connectivity index (χ0v) is 17.7. The van der Waals surface area contributed by atoms with Gasteiger partial charge in [-0.05, 0) is 80.7 Å². The lowest BCUT2D eigenvalue weighted by Crippen LogP contribution is -2.46. The van der Waals surface area contributed by atoms with E-state index in [1.165, 1.54) is 0 Å². The molecule has 1 amide bonds. The second-order valence-electron chi connectivity index (χ2n) is 8.64. The summed E-state index contributed by atoms with van der Waals surface area (Å²) in [5.74, 6) is 1.16. The molecule has 0 spiro atoms. The number of amides is 1. The number of nitrogens with zero attached hydrogens (tertiary/aromatic N) is 2. The van der Waals surface area contributed by atoms with Gasteiger partial charge in [-0.2, -0.15) is 0 Å². The number of methoxy groups -OCH3 is 1. The summed E-state index contributed by atoms with van der Waals surface area (Å²) in [6, 6.07) is 10.9. The molecule has 7 heteroatoms. The summed E-state index contributed by atoms with van der Waals surface area (Å²) in [7, 11) is 5.57. The fourth-order valence-electron chi connectivity index (χ4n) is 4.88. The maximum Gasteiger partial charge on any atom is 0.261 e. The summed E-state index contributed by atoms with van der Waals surface area (Å²) < 4.78 is 5.16. The number of pyridine rings is 1. The first-order valence-electron chi connectivity index (χ1n) is 10.4. The number of aromatic amines is 1. The van der Waals surface area contributed by atoms with Gasteiger partial charge in [0, 0.05) is 24.8 Å². The number of likely N-dealkylation sites (tertiary alicyclic amines) is 1. The highest BCUT2D eigenvalue weighted by Gasteiger charge is 2.43. The topological polar surface area (TPSA) is 85.9 Å². The predicted molar refractivity (Wildman–Crippen MR) is 115 cm³/mol. The van der Waals surface area contributed by atoms with Crippen molar-refractivity contribution in [2.75, 3.05) is 34.3 Å². The number of benzene rings is 1. The number of likely N-dealkylation sites (N-methyl/N-ethyl adjacent to an activating group) is 1. The molecule has 1 aliphatic carbocycles. The molecule has 1 aromatic heterocycles. The minimum Gasteiger partial charge on any atom is -0.497 e. The first kappa shape index (κ1) is 20.6. The highest BCUT2D eigenvalue weighted by atomic mass is 16.5. The highest BCUT2D eigenvalue weighted by molar-refractivity contribution is 5.94. The fourth-order valence-corrected chi connectivity index (χ4v) is 4.88. The Labute approximate surface area is 176 Å². The van der Waals surface area contributed by atoms with Gasteiger partial charge in [-0.3, -0.25) is 9.59 Å². The maximum atomic E-state index is 13.1. The van der Waals surface area contributed by atoms with Crippen molar-refractivity contribution in [3.8, 4) is 17.0 Å². The van der Waals surface area contributed by atoms with Gasteiger partial charge >= 0.3 is 0 Å². The Hall–Kier alpha value is -2.64. The molecule has 2 N–H and O–H groups in total. The molecule has 0 unspecified atom stereocenters. The molecule has 1 saturated heterocycles. The number of nitrogens with one attached hydrogen (secondary N) is 1. The van der Waals surface area contributed by atoms with Crippen molar-refractivity contribution in [1.82, 2.24) is 14.8 Å². The van der Waals surface area contributed by atoms with E-state index in [0.717, 1.165) is 17.7 Å². The number of hydrogen-bond donors (Lipinski definition) is 2. The van der Waals surface area contributed by atoms with Crippen LogP contribution in [-0.2, 0) is 0 Å². The summed E-state index contributed by atoms with van der Waals surface area (Å²) >= 11 is 0. The maximum absolute atomic E-state index is 13.1. The molecule has 4 atom stereocenters. The number of ether oxygens (including phenoxy) is 1. The van der Waals surface area contributed by atoms with Gasteiger partial charge in [-0.25, -0.2) is 0 Å². The number of hydrogen-bond acceptors (Lipinski definition) is 5. The third-order valence-corrected chi connectivity index (χ3v) is 6.60. The SMILES string of the molecule is COc1ccc(-c2ccc(C(=O)N3C[C@H]4C[C@@H](N(C)C)[C@H](O)C[C@H]4C3)c(=O)[nH]2)cc1. The Kier molecular flexibility index (Phi) is 5.66. The van der Waals surface area contributed by atoms with Crippen molar-refractivity contribution in [2.24, 2.45) is 11.8 Å². The Bertz CT molecular complexity index is 969. The van der Waals surface area contributed by atoms with Crippen molar-refractivity contribution in [2.45, 2.75) is 25.0 Å². The summed E-state index contributed by atoms with van der Waals surface area (Å²) in [5, 5.41) is 10.4. The van der Waals surface area contributed by atoms with Crippen LogP contribution in [0.25, 0.3) is 11.3 Å². The normalized spacial score (nSPS) is 26.0. The van der Waals surface area contributed by atoms with Crippen LogP contribution < -0.4 is 10.3 Å². The predicted octanol–water partition coefficient (Wildman–Crippen LogP) is 1.82. The number of H-pyrrole nitrogens is 1. The van der Waals surface area contributed by atoms with Crippen molar-refractivity contribution in [3.05, 3.63) is 52.3 Å². The van der Waals surface area contributed by atoms with Crippen LogP contribution >= 0.6 is 0 Å². The van der Waals surface area contributed by atoms with Gasteiger partial charge in [0.15, 0.2) is 0 Å². The monoisotopic (exact) mass is 411 g/mol. The molecule has 1 saturated carbocycles. The zero-order valence-electron chi connectivity index (χ0n) is 17.7. The number of aliphatic hydroxyl groups is 1. The minimum absolute atomic E-state index is 0.119. The van der Waals surface area contributed by atoms with E-state index in [0.29, 0.717) is 31.1 Å². The van der Waals surface area contributed by atoms with Gasteiger partial charge < -0.3 is 24.6 Å². The number of rotatable bonds is 4.